The van der Waals surface area contributed by atoms with Crippen molar-refractivity contribution in [3.63, 3.8) is 0 Å². The number of rotatable bonds is 1. The van der Waals surface area contributed by atoms with Gasteiger partial charge in [-0.2, -0.15) is 0 Å². The molecule has 0 saturated carbocycles. The maximum absolute atomic E-state index is 5.97. The van der Waals surface area contributed by atoms with E-state index in [2.05, 4.69) is 22.4 Å². The molecule has 0 radical (unpaired) electrons. The molecule has 3 heteroatoms. The highest BCUT2D eigenvalue weighted by Gasteiger charge is 2.06. The molecule has 1 heterocycles. The quantitative estimate of drug-likeness (QED) is 0.542. The summed E-state index contributed by atoms with van der Waals surface area (Å²) in [4.78, 5) is 3.38. The van der Waals surface area contributed by atoms with Gasteiger partial charge in [-0.05, 0) is 18.2 Å². The molecule has 80 valence electrons. The molecule has 4 N–H and O–H groups in total. The minimum atomic E-state index is 0.778. The third kappa shape index (κ3) is 1.15. The maximum atomic E-state index is 5.97. The van der Waals surface area contributed by atoms with Gasteiger partial charge in [-0.1, -0.05) is 18.2 Å². The van der Waals surface area contributed by atoms with Gasteiger partial charge in [0.25, 0.3) is 0 Å². The molecule has 3 nitrogen and oxygen atoms in total. The Balaban J connectivity index is 2.46. The van der Waals surface area contributed by atoms with E-state index in [1.807, 2.05) is 31.3 Å². The summed E-state index contributed by atoms with van der Waals surface area (Å²) >= 11 is 0. The summed E-state index contributed by atoms with van der Waals surface area (Å²) in [5, 5.41) is 5.47. The molecule has 0 aliphatic carbocycles. The summed E-state index contributed by atoms with van der Waals surface area (Å²) in [6.07, 6.45) is 0. The van der Waals surface area contributed by atoms with Crippen molar-refractivity contribution in [2.45, 2.75) is 0 Å². The van der Waals surface area contributed by atoms with E-state index in [1.54, 1.807) is 0 Å². The van der Waals surface area contributed by atoms with Crippen LogP contribution in [0.3, 0.4) is 0 Å². The number of aromatic nitrogens is 1. The van der Waals surface area contributed by atoms with Crippen molar-refractivity contribution in [2.24, 2.45) is 0 Å². The molecule has 0 bridgehead atoms. The number of anilines is 2. The van der Waals surface area contributed by atoms with Gasteiger partial charge in [0.2, 0.25) is 0 Å². The van der Waals surface area contributed by atoms with E-state index in [-0.39, 0.29) is 0 Å². The average molecular weight is 211 g/mol. The molecule has 2 aromatic carbocycles. The molecule has 0 fully saturated rings. The van der Waals surface area contributed by atoms with Crippen molar-refractivity contribution in [1.82, 2.24) is 4.98 Å². The van der Waals surface area contributed by atoms with Crippen molar-refractivity contribution in [1.29, 1.82) is 0 Å². The topological polar surface area (TPSA) is 53.8 Å². The Bertz CT molecular complexity index is 667. The first-order chi connectivity index (χ1) is 7.79. The summed E-state index contributed by atoms with van der Waals surface area (Å²) in [6, 6.07) is 12.3. The molecule has 0 unspecified atom stereocenters. The Hall–Kier alpha value is -2.16. The smallest absolute Gasteiger partial charge is 0.0592 e. The van der Waals surface area contributed by atoms with Gasteiger partial charge < -0.3 is 16.0 Å². The van der Waals surface area contributed by atoms with E-state index in [1.165, 1.54) is 10.8 Å². The van der Waals surface area contributed by atoms with E-state index in [4.69, 9.17) is 5.73 Å². The highest BCUT2D eigenvalue weighted by atomic mass is 14.9. The van der Waals surface area contributed by atoms with Gasteiger partial charge in [0.05, 0.1) is 11.4 Å². The summed E-state index contributed by atoms with van der Waals surface area (Å²) in [6.45, 7) is 0. The molecule has 0 saturated heterocycles. The number of hydrogen-bond acceptors (Lipinski definition) is 2. The van der Waals surface area contributed by atoms with Crippen molar-refractivity contribution in [3.8, 4) is 0 Å². The molecule has 1 aromatic heterocycles. The largest absolute Gasteiger partial charge is 0.397 e. The number of nitrogen functional groups attached to an aromatic ring is 1. The zero-order valence-corrected chi connectivity index (χ0v) is 9.04. The second-order valence-corrected chi connectivity index (χ2v) is 3.91. The van der Waals surface area contributed by atoms with E-state index in [9.17, 15) is 0 Å². The number of H-pyrrole nitrogens is 1. The monoisotopic (exact) mass is 211 g/mol. The third-order valence-electron chi connectivity index (χ3n) is 2.95. The predicted octanol–water partition coefficient (Wildman–Crippen LogP) is 2.95. The van der Waals surface area contributed by atoms with Gasteiger partial charge in [0, 0.05) is 28.9 Å². The van der Waals surface area contributed by atoms with Gasteiger partial charge in [-0.15, -0.1) is 0 Å². The maximum Gasteiger partial charge on any atom is 0.0592 e. The highest BCUT2D eigenvalue weighted by molar-refractivity contribution is 6.09. The molecule has 3 rings (SSSR count). The first-order valence-electron chi connectivity index (χ1n) is 5.27. The van der Waals surface area contributed by atoms with Crippen LogP contribution >= 0.6 is 0 Å². The van der Waals surface area contributed by atoms with E-state index in [0.717, 1.165) is 22.4 Å². The molecule has 0 spiro atoms. The summed E-state index contributed by atoms with van der Waals surface area (Å²) < 4.78 is 0. The first-order valence-corrected chi connectivity index (χ1v) is 5.27. The standard InChI is InChI=1S/C13H13N3/c1-15-13-7-12-9(6-10(13)14)8-4-2-3-5-11(8)16-12/h2-7,15-16H,14H2,1H3. The number of hydrogen-bond donors (Lipinski definition) is 3. The predicted molar refractivity (Wildman–Crippen MR) is 69.8 cm³/mol. The lowest BCUT2D eigenvalue weighted by Gasteiger charge is -2.04. The normalized spacial score (nSPS) is 11.1. The van der Waals surface area contributed by atoms with Crippen LogP contribution in [0.25, 0.3) is 21.8 Å². The van der Waals surface area contributed by atoms with Crippen LogP contribution in [0.4, 0.5) is 11.4 Å². The third-order valence-corrected chi connectivity index (χ3v) is 2.95. The fourth-order valence-corrected chi connectivity index (χ4v) is 2.13. The number of para-hydroxylation sites is 1. The lowest BCUT2D eigenvalue weighted by molar-refractivity contribution is 1.50. The zero-order valence-electron chi connectivity index (χ0n) is 9.04. The number of nitrogens with one attached hydrogen (secondary N) is 2. The van der Waals surface area contributed by atoms with Crippen LogP contribution < -0.4 is 11.1 Å². The fourth-order valence-electron chi connectivity index (χ4n) is 2.13. The second-order valence-electron chi connectivity index (χ2n) is 3.91. The molecule has 3 aromatic rings. The average Bonchev–Trinajstić information content (AvgIpc) is 2.66. The van der Waals surface area contributed by atoms with Gasteiger partial charge >= 0.3 is 0 Å². The number of nitrogens with two attached hydrogens (primary N) is 1. The van der Waals surface area contributed by atoms with E-state index < -0.39 is 0 Å². The SMILES string of the molecule is CNc1cc2[nH]c3ccccc3c2cc1N. The van der Waals surface area contributed by atoms with Crippen LogP contribution in [-0.2, 0) is 0 Å². The van der Waals surface area contributed by atoms with Gasteiger partial charge in [-0.3, -0.25) is 0 Å². The van der Waals surface area contributed by atoms with Gasteiger partial charge in [0.15, 0.2) is 0 Å². The van der Waals surface area contributed by atoms with Crippen molar-refractivity contribution >= 4 is 33.2 Å². The van der Waals surface area contributed by atoms with Crippen LogP contribution in [0.1, 0.15) is 0 Å². The van der Waals surface area contributed by atoms with E-state index >= 15 is 0 Å². The second kappa shape index (κ2) is 3.17. The summed E-state index contributed by atoms with van der Waals surface area (Å²) in [7, 11) is 1.88. The Kier molecular flexibility index (Phi) is 1.80. The van der Waals surface area contributed by atoms with Crippen LogP contribution in [0.5, 0.6) is 0 Å². The van der Waals surface area contributed by atoms with Gasteiger partial charge in [-0.25, -0.2) is 0 Å². The van der Waals surface area contributed by atoms with Gasteiger partial charge in [0.1, 0.15) is 0 Å². The van der Waals surface area contributed by atoms with Crippen molar-refractivity contribution in [3.05, 3.63) is 36.4 Å². The molecule has 0 aliphatic rings. The van der Waals surface area contributed by atoms with Crippen molar-refractivity contribution in [2.75, 3.05) is 18.1 Å². The fraction of sp³-hybridized carbons (Fsp3) is 0.0769. The first kappa shape index (κ1) is 9.09. The summed E-state index contributed by atoms with van der Waals surface area (Å²) in [5.74, 6) is 0. The van der Waals surface area contributed by atoms with E-state index in [0.29, 0.717) is 0 Å². The Labute approximate surface area is 93.3 Å². The highest BCUT2D eigenvalue weighted by Crippen LogP contribution is 2.31. The lowest BCUT2D eigenvalue weighted by atomic mass is 10.1. The van der Waals surface area contributed by atoms with Crippen LogP contribution in [0, 0.1) is 0 Å². The van der Waals surface area contributed by atoms with Crippen molar-refractivity contribution < 1.29 is 0 Å². The molecular formula is C13H13N3. The molecule has 0 amide bonds. The number of aromatic amines is 1. The zero-order chi connectivity index (χ0) is 11.1. The molecular weight excluding hydrogens is 198 g/mol. The minimum absolute atomic E-state index is 0.778. The Morgan fingerprint density at radius 1 is 1.06 bits per heavy atom. The number of fused-ring (bicyclic) bond motifs is 3. The molecule has 16 heavy (non-hydrogen) atoms. The Morgan fingerprint density at radius 2 is 1.88 bits per heavy atom. The molecule has 0 atom stereocenters. The van der Waals surface area contributed by atoms with Crippen LogP contribution in [0.15, 0.2) is 36.4 Å². The van der Waals surface area contributed by atoms with Crippen LogP contribution in [0.2, 0.25) is 0 Å². The number of benzene rings is 2. The summed E-state index contributed by atoms with van der Waals surface area (Å²) in [5.41, 5.74) is 9.96. The lowest BCUT2D eigenvalue weighted by Crippen LogP contribution is -1.94. The minimum Gasteiger partial charge on any atom is -0.397 e. The Morgan fingerprint density at radius 3 is 2.69 bits per heavy atom. The molecule has 0 aliphatic heterocycles. The van der Waals surface area contributed by atoms with Crippen LogP contribution in [-0.4, -0.2) is 12.0 Å².